The Morgan fingerprint density at radius 1 is 1.61 bits per heavy atom. The molecule has 2 rings (SSSR count). The quantitative estimate of drug-likeness (QED) is 0.740. The molecule has 0 saturated heterocycles. The second kappa shape index (κ2) is 6.14. The van der Waals surface area contributed by atoms with Crippen LogP contribution in [-0.2, 0) is 4.79 Å². The molecular weight excluding hydrogens is 244 g/mol. The highest BCUT2D eigenvalue weighted by molar-refractivity contribution is 7.09. The summed E-state index contributed by atoms with van der Waals surface area (Å²) in [7, 11) is 0. The minimum atomic E-state index is 0.120. The molecule has 1 saturated carbocycles. The van der Waals surface area contributed by atoms with Crippen LogP contribution in [0.4, 0.5) is 0 Å². The van der Waals surface area contributed by atoms with Gasteiger partial charge in [-0.25, -0.2) is 4.98 Å². The number of carbonyl (C=O) groups is 1. The van der Waals surface area contributed by atoms with Crippen molar-refractivity contribution >= 4 is 23.3 Å². The second-order valence-electron chi connectivity index (χ2n) is 4.85. The number of rotatable bonds is 6. The van der Waals surface area contributed by atoms with Crippen molar-refractivity contribution in [2.45, 2.75) is 33.1 Å². The summed E-state index contributed by atoms with van der Waals surface area (Å²) in [6.45, 7) is 5.86. The van der Waals surface area contributed by atoms with Gasteiger partial charge in [-0.1, -0.05) is 6.92 Å². The number of amides is 1. The summed E-state index contributed by atoms with van der Waals surface area (Å²) in [5.74, 6) is 0.866. The number of carbonyl (C=O) groups excluding carboxylic acids is 1. The maximum atomic E-state index is 12.1. The number of aryl methyl sites for hydroxylation is 1. The molecule has 0 unspecified atom stereocenters. The standard InChI is InChI=1S/C14H20N2OS/c1-3-8-16(9-12-4-5-12)14(17)7-6-13-10-18-11(2)15-13/h6-7,10,12H,3-5,8-9H2,1-2H3/b7-6+. The van der Waals surface area contributed by atoms with Crippen molar-refractivity contribution in [3.63, 3.8) is 0 Å². The van der Waals surface area contributed by atoms with E-state index in [1.165, 1.54) is 12.8 Å². The molecule has 1 aromatic heterocycles. The number of thiazole rings is 1. The lowest BCUT2D eigenvalue weighted by Gasteiger charge is -2.20. The number of aromatic nitrogens is 1. The average Bonchev–Trinajstić information content (AvgIpc) is 3.07. The third-order valence-electron chi connectivity index (χ3n) is 3.01. The molecule has 18 heavy (non-hydrogen) atoms. The van der Waals surface area contributed by atoms with Crippen LogP contribution < -0.4 is 0 Å². The topological polar surface area (TPSA) is 33.2 Å². The van der Waals surface area contributed by atoms with Gasteiger partial charge in [0.2, 0.25) is 5.91 Å². The minimum absolute atomic E-state index is 0.120. The summed E-state index contributed by atoms with van der Waals surface area (Å²) in [6, 6.07) is 0. The van der Waals surface area contributed by atoms with Gasteiger partial charge in [-0.2, -0.15) is 0 Å². The van der Waals surface area contributed by atoms with E-state index in [0.29, 0.717) is 0 Å². The van der Waals surface area contributed by atoms with Crippen molar-refractivity contribution in [3.8, 4) is 0 Å². The molecule has 0 radical (unpaired) electrons. The lowest BCUT2D eigenvalue weighted by Crippen LogP contribution is -2.32. The Balaban J connectivity index is 1.92. The van der Waals surface area contributed by atoms with Crippen LogP contribution in [0.5, 0.6) is 0 Å². The predicted octanol–water partition coefficient (Wildman–Crippen LogP) is 3.11. The summed E-state index contributed by atoms with van der Waals surface area (Å²) in [5, 5.41) is 3.01. The molecule has 1 fully saturated rings. The first-order chi connectivity index (χ1) is 8.69. The summed E-state index contributed by atoms with van der Waals surface area (Å²) >= 11 is 1.61. The first-order valence-corrected chi connectivity index (χ1v) is 7.46. The monoisotopic (exact) mass is 264 g/mol. The van der Waals surface area contributed by atoms with Crippen LogP contribution in [0.15, 0.2) is 11.5 Å². The summed E-state index contributed by atoms with van der Waals surface area (Å²) in [5.41, 5.74) is 0.883. The average molecular weight is 264 g/mol. The van der Waals surface area contributed by atoms with Crippen molar-refractivity contribution in [2.24, 2.45) is 5.92 Å². The minimum Gasteiger partial charge on any atom is -0.339 e. The summed E-state index contributed by atoms with van der Waals surface area (Å²) in [4.78, 5) is 18.4. The molecule has 1 aromatic rings. The summed E-state index contributed by atoms with van der Waals surface area (Å²) < 4.78 is 0. The Bertz CT molecular complexity index is 435. The van der Waals surface area contributed by atoms with Gasteiger partial charge in [0, 0.05) is 24.5 Å². The normalized spacial score (nSPS) is 15.2. The second-order valence-corrected chi connectivity index (χ2v) is 5.91. The molecule has 98 valence electrons. The molecule has 4 heteroatoms. The van der Waals surface area contributed by atoms with Gasteiger partial charge in [-0.15, -0.1) is 11.3 Å². The van der Waals surface area contributed by atoms with Gasteiger partial charge in [0.15, 0.2) is 0 Å². The molecule has 1 aliphatic rings. The van der Waals surface area contributed by atoms with Crippen LogP contribution in [0.1, 0.15) is 36.9 Å². The Kier molecular flexibility index (Phi) is 4.53. The highest BCUT2D eigenvalue weighted by atomic mass is 32.1. The lowest BCUT2D eigenvalue weighted by atomic mass is 10.3. The van der Waals surface area contributed by atoms with Gasteiger partial charge in [-0.3, -0.25) is 4.79 Å². The molecular formula is C14H20N2OS. The van der Waals surface area contributed by atoms with E-state index < -0.39 is 0 Å². The maximum Gasteiger partial charge on any atom is 0.246 e. The first kappa shape index (κ1) is 13.3. The molecule has 0 bridgehead atoms. The van der Waals surface area contributed by atoms with Crippen LogP contribution in [0.2, 0.25) is 0 Å². The highest BCUT2D eigenvalue weighted by Crippen LogP contribution is 2.29. The zero-order chi connectivity index (χ0) is 13.0. The third kappa shape index (κ3) is 3.95. The zero-order valence-corrected chi connectivity index (χ0v) is 11.9. The molecule has 3 nitrogen and oxygen atoms in total. The SMILES string of the molecule is CCCN(CC1CC1)C(=O)/C=C/c1csc(C)n1. The van der Waals surface area contributed by atoms with Gasteiger partial charge in [-0.05, 0) is 38.2 Å². The van der Waals surface area contributed by atoms with Crippen LogP contribution in [-0.4, -0.2) is 28.9 Å². The van der Waals surface area contributed by atoms with Gasteiger partial charge in [0.25, 0.3) is 0 Å². The van der Waals surface area contributed by atoms with Gasteiger partial charge < -0.3 is 4.90 Å². The molecule has 1 aliphatic carbocycles. The van der Waals surface area contributed by atoms with E-state index in [4.69, 9.17) is 0 Å². The van der Waals surface area contributed by atoms with Crippen molar-refractivity contribution < 1.29 is 4.79 Å². The van der Waals surface area contributed by atoms with E-state index in [2.05, 4.69) is 11.9 Å². The lowest BCUT2D eigenvalue weighted by molar-refractivity contribution is -0.126. The van der Waals surface area contributed by atoms with Crippen molar-refractivity contribution in [3.05, 3.63) is 22.2 Å². The fourth-order valence-corrected chi connectivity index (χ4v) is 2.47. The van der Waals surface area contributed by atoms with Crippen molar-refractivity contribution in [1.29, 1.82) is 0 Å². The molecule has 0 spiro atoms. The van der Waals surface area contributed by atoms with Gasteiger partial charge in [0.1, 0.15) is 0 Å². The smallest absolute Gasteiger partial charge is 0.246 e. The van der Waals surface area contributed by atoms with E-state index in [1.807, 2.05) is 23.3 Å². The third-order valence-corrected chi connectivity index (χ3v) is 3.81. The Morgan fingerprint density at radius 3 is 2.94 bits per heavy atom. The molecule has 0 aromatic carbocycles. The van der Waals surface area contributed by atoms with E-state index in [-0.39, 0.29) is 5.91 Å². The number of nitrogens with zero attached hydrogens (tertiary/aromatic N) is 2. The van der Waals surface area contributed by atoms with Crippen molar-refractivity contribution in [1.82, 2.24) is 9.88 Å². The van der Waals surface area contributed by atoms with E-state index in [0.717, 1.165) is 36.1 Å². The molecule has 1 amide bonds. The number of hydrogen-bond acceptors (Lipinski definition) is 3. The van der Waals surface area contributed by atoms with Crippen LogP contribution >= 0.6 is 11.3 Å². The molecule has 0 aliphatic heterocycles. The van der Waals surface area contributed by atoms with E-state index in [1.54, 1.807) is 17.4 Å². The van der Waals surface area contributed by atoms with Crippen LogP contribution in [0, 0.1) is 12.8 Å². The fourth-order valence-electron chi connectivity index (χ4n) is 1.89. The highest BCUT2D eigenvalue weighted by Gasteiger charge is 2.25. The zero-order valence-electron chi connectivity index (χ0n) is 11.1. The van der Waals surface area contributed by atoms with Gasteiger partial charge in [0.05, 0.1) is 10.7 Å². The Morgan fingerprint density at radius 2 is 2.39 bits per heavy atom. The predicted molar refractivity (Wildman–Crippen MR) is 75.5 cm³/mol. The van der Waals surface area contributed by atoms with E-state index in [9.17, 15) is 4.79 Å². The van der Waals surface area contributed by atoms with Crippen LogP contribution in [0.3, 0.4) is 0 Å². The van der Waals surface area contributed by atoms with Crippen molar-refractivity contribution in [2.75, 3.05) is 13.1 Å². The number of hydrogen-bond donors (Lipinski definition) is 0. The van der Waals surface area contributed by atoms with Crippen LogP contribution in [0.25, 0.3) is 6.08 Å². The first-order valence-electron chi connectivity index (χ1n) is 6.58. The van der Waals surface area contributed by atoms with Gasteiger partial charge >= 0.3 is 0 Å². The maximum absolute atomic E-state index is 12.1. The Labute approximate surface area is 113 Å². The van der Waals surface area contributed by atoms with E-state index >= 15 is 0 Å². The molecule has 1 heterocycles. The largest absolute Gasteiger partial charge is 0.339 e. The molecule has 0 atom stereocenters. The Hall–Kier alpha value is -1.16. The molecule has 0 N–H and O–H groups in total. The summed E-state index contributed by atoms with van der Waals surface area (Å²) in [6.07, 6.45) is 7.06. The fraction of sp³-hybridized carbons (Fsp3) is 0.571.